The quantitative estimate of drug-likeness (QED) is 0.420. The van der Waals surface area contributed by atoms with Gasteiger partial charge in [-0.15, -0.1) is 5.10 Å². The average Bonchev–Trinajstić information content (AvgIpc) is 3.50. The minimum Gasteiger partial charge on any atom is -0.478 e. The average molecular weight is 426 g/mol. The van der Waals surface area contributed by atoms with Crippen molar-refractivity contribution in [2.24, 2.45) is 0 Å². The van der Waals surface area contributed by atoms with E-state index in [2.05, 4.69) is 20.5 Å². The zero-order chi connectivity index (χ0) is 22.1. The van der Waals surface area contributed by atoms with Crippen LogP contribution < -0.4 is 5.32 Å². The van der Waals surface area contributed by atoms with E-state index in [1.807, 2.05) is 6.07 Å². The maximum Gasteiger partial charge on any atom is 0.335 e. The van der Waals surface area contributed by atoms with Gasteiger partial charge in [-0.25, -0.2) is 9.78 Å². The maximum atomic E-state index is 13.1. The number of carbonyl (C=O) groups excluding carboxylic acids is 1. The fourth-order valence-corrected chi connectivity index (χ4v) is 3.26. The number of para-hydroxylation sites is 1. The molecule has 0 spiro atoms. The van der Waals surface area contributed by atoms with Gasteiger partial charge in [0.2, 0.25) is 0 Å². The molecule has 0 fully saturated rings. The molecule has 2 N–H and O–H groups in total. The van der Waals surface area contributed by atoms with E-state index in [1.54, 1.807) is 48.5 Å². The first kappa shape index (κ1) is 19.2. The van der Waals surface area contributed by atoms with Crippen molar-refractivity contribution in [3.63, 3.8) is 0 Å². The van der Waals surface area contributed by atoms with Gasteiger partial charge in [-0.05, 0) is 36.4 Å². The van der Waals surface area contributed by atoms with Crippen molar-refractivity contribution in [2.75, 3.05) is 5.32 Å². The summed E-state index contributed by atoms with van der Waals surface area (Å²) in [5.41, 5.74) is 2.06. The second-order valence-electron chi connectivity index (χ2n) is 6.80. The van der Waals surface area contributed by atoms with Crippen molar-refractivity contribution < 1.29 is 23.5 Å². The van der Waals surface area contributed by atoms with E-state index >= 15 is 0 Å². The maximum absolute atomic E-state index is 13.1. The number of hydrogen-bond donors (Lipinski definition) is 2. The van der Waals surface area contributed by atoms with Crippen LogP contribution in [0.15, 0.2) is 81.8 Å². The summed E-state index contributed by atoms with van der Waals surface area (Å²) in [6.07, 6.45) is 1.47. The van der Waals surface area contributed by atoms with Crippen LogP contribution in [0, 0.1) is 0 Å². The van der Waals surface area contributed by atoms with Crippen molar-refractivity contribution in [1.29, 1.82) is 0 Å². The van der Waals surface area contributed by atoms with Crippen LogP contribution in [0.3, 0.4) is 0 Å². The molecule has 5 aromatic rings. The number of furan rings is 1. The van der Waals surface area contributed by atoms with E-state index in [-0.39, 0.29) is 17.5 Å². The minimum atomic E-state index is -1.05. The van der Waals surface area contributed by atoms with Gasteiger partial charge >= 0.3 is 12.0 Å². The zero-order valence-electron chi connectivity index (χ0n) is 16.4. The predicted octanol–water partition coefficient (Wildman–Crippen LogP) is 4.50. The molecule has 3 aromatic heterocycles. The molecular formula is C23H14N4O5. The van der Waals surface area contributed by atoms with E-state index < -0.39 is 11.9 Å². The van der Waals surface area contributed by atoms with Crippen LogP contribution in [0.1, 0.15) is 20.7 Å². The Bertz CT molecular complexity index is 1460. The van der Waals surface area contributed by atoms with Crippen molar-refractivity contribution in [2.45, 2.75) is 0 Å². The summed E-state index contributed by atoms with van der Waals surface area (Å²) in [7, 11) is 0. The van der Waals surface area contributed by atoms with E-state index in [0.717, 1.165) is 0 Å². The molecule has 9 heteroatoms. The number of aromatic carboxylic acids is 1. The highest BCUT2D eigenvalue weighted by Gasteiger charge is 2.18. The monoisotopic (exact) mass is 426 g/mol. The Kier molecular flexibility index (Phi) is 4.68. The van der Waals surface area contributed by atoms with Gasteiger partial charge < -0.3 is 13.9 Å². The molecule has 5 rings (SSSR count). The predicted molar refractivity (Wildman–Crippen MR) is 114 cm³/mol. The molecule has 0 aliphatic carbocycles. The zero-order valence-corrected chi connectivity index (χ0v) is 16.4. The molecule has 0 aliphatic rings. The molecule has 32 heavy (non-hydrogen) atoms. The van der Waals surface area contributed by atoms with Crippen LogP contribution in [0.2, 0.25) is 0 Å². The highest BCUT2D eigenvalue weighted by Crippen LogP contribution is 2.27. The topological polar surface area (TPSA) is 131 Å². The summed E-state index contributed by atoms with van der Waals surface area (Å²) >= 11 is 0. The first-order valence-corrected chi connectivity index (χ1v) is 9.51. The van der Waals surface area contributed by atoms with E-state index in [4.69, 9.17) is 8.83 Å². The summed E-state index contributed by atoms with van der Waals surface area (Å²) in [6, 6.07) is 18.4. The third-order valence-electron chi connectivity index (χ3n) is 4.74. The number of carboxylic acid groups (broad SMARTS) is 1. The molecule has 0 saturated heterocycles. The van der Waals surface area contributed by atoms with E-state index in [1.165, 1.54) is 18.4 Å². The van der Waals surface area contributed by atoms with Gasteiger partial charge in [0.15, 0.2) is 5.76 Å². The van der Waals surface area contributed by atoms with Gasteiger partial charge in [-0.1, -0.05) is 35.4 Å². The van der Waals surface area contributed by atoms with Gasteiger partial charge in [0.1, 0.15) is 0 Å². The van der Waals surface area contributed by atoms with Gasteiger partial charge in [0, 0.05) is 10.9 Å². The molecule has 0 unspecified atom stereocenters. The van der Waals surface area contributed by atoms with Crippen LogP contribution >= 0.6 is 0 Å². The van der Waals surface area contributed by atoms with Crippen LogP contribution in [-0.2, 0) is 0 Å². The lowest BCUT2D eigenvalue weighted by atomic mass is 10.0. The number of carboxylic acids is 1. The number of hydrogen-bond acceptors (Lipinski definition) is 7. The summed E-state index contributed by atoms with van der Waals surface area (Å²) in [5, 5.41) is 20.2. The number of amides is 1. The lowest BCUT2D eigenvalue weighted by Gasteiger charge is -2.09. The number of rotatable bonds is 5. The Morgan fingerprint density at radius 2 is 1.81 bits per heavy atom. The lowest BCUT2D eigenvalue weighted by Crippen LogP contribution is -2.13. The first-order valence-electron chi connectivity index (χ1n) is 9.51. The molecule has 156 valence electrons. The lowest BCUT2D eigenvalue weighted by molar-refractivity contribution is 0.0696. The Hall–Kier alpha value is -4.79. The van der Waals surface area contributed by atoms with E-state index in [0.29, 0.717) is 33.5 Å². The summed E-state index contributed by atoms with van der Waals surface area (Å²) in [5.74, 6) is -1.01. The summed E-state index contributed by atoms with van der Waals surface area (Å²) in [4.78, 5) is 29.0. The van der Waals surface area contributed by atoms with Crippen molar-refractivity contribution in [3.05, 3.63) is 84.1 Å². The molecule has 0 aliphatic heterocycles. The number of benzene rings is 2. The number of aromatic nitrogens is 3. The number of anilines is 1. The molecule has 1 amide bonds. The minimum absolute atomic E-state index is 0.0864. The van der Waals surface area contributed by atoms with Crippen LogP contribution in [0.5, 0.6) is 0 Å². The van der Waals surface area contributed by atoms with Crippen LogP contribution in [0.4, 0.5) is 6.01 Å². The second-order valence-corrected chi connectivity index (χ2v) is 6.80. The summed E-state index contributed by atoms with van der Waals surface area (Å²) in [6.45, 7) is 0. The standard InChI is InChI=1S/C23H14N4O5/c28-20(25-23-27-26-21(32-23)19-9-4-10-31-19)16-12-18(24-17-8-2-1-7-15(16)17)13-5-3-6-14(11-13)22(29)30/h1-12H,(H,29,30)(H,25,27,28). The first-order chi connectivity index (χ1) is 15.6. The van der Waals surface area contributed by atoms with Gasteiger partial charge in [0.25, 0.3) is 11.8 Å². The normalized spacial score (nSPS) is 10.9. The van der Waals surface area contributed by atoms with E-state index in [9.17, 15) is 14.7 Å². The molecule has 0 atom stereocenters. The molecule has 2 aromatic carbocycles. The Morgan fingerprint density at radius 3 is 2.62 bits per heavy atom. The van der Waals surface area contributed by atoms with Gasteiger partial charge in [-0.2, -0.15) is 0 Å². The number of fused-ring (bicyclic) bond motifs is 1. The third kappa shape index (κ3) is 3.58. The van der Waals surface area contributed by atoms with Gasteiger partial charge in [0.05, 0.1) is 28.6 Å². The Balaban J connectivity index is 1.53. The molecule has 0 radical (unpaired) electrons. The number of pyridine rings is 1. The number of carbonyl (C=O) groups is 2. The fraction of sp³-hybridized carbons (Fsp3) is 0. The molecule has 3 heterocycles. The molecule has 0 bridgehead atoms. The number of nitrogens with one attached hydrogen (secondary N) is 1. The highest BCUT2D eigenvalue weighted by atomic mass is 16.4. The fourth-order valence-electron chi connectivity index (χ4n) is 3.26. The SMILES string of the molecule is O=C(O)c1cccc(-c2cc(C(=O)Nc3nnc(-c4ccco4)o3)c3ccccc3n2)c1. The largest absolute Gasteiger partial charge is 0.478 e. The second kappa shape index (κ2) is 7.80. The van der Waals surface area contributed by atoms with Crippen molar-refractivity contribution in [1.82, 2.24) is 15.2 Å². The highest BCUT2D eigenvalue weighted by molar-refractivity contribution is 6.12. The number of nitrogens with zero attached hydrogens (tertiary/aromatic N) is 3. The molecule has 9 nitrogen and oxygen atoms in total. The molecule has 0 saturated carbocycles. The smallest absolute Gasteiger partial charge is 0.335 e. The van der Waals surface area contributed by atoms with Crippen LogP contribution in [-0.4, -0.2) is 32.2 Å². The van der Waals surface area contributed by atoms with Crippen LogP contribution in [0.25, 0.3) is 33.8 Å². The Morgan fingerprint density at radius 1 is 0.938 bits per heavy atom. The van der Waals surface area contributed by atoms with Gasteiger partial charge in [-0.3, -0.25) is 10.1 Å². The Labute approximate surface area is 180 Å². The van der Waals surface area contributed by atoms with Crippen molar-refractivity contribution in [3.8, 4) is 22.9 Å². The third-order valence-corrected chi connectivity index (χ3v) is 4.74. The van der Waals surface area contributed by atoms with Crippen molar-refractivity contribution >= 4 is 28.8 Å². The summed E-state index contributed by atoms with van der Waals surface area (Å²) < 4.78 is 10.7. The molecular weight excluding hydrogens is 412 g/mol.